The number of carboxylic acid groups (broad SMARTS) is 1. The van der Waals surface area contributed by atoms with Gasteiger partial charge in [0.1, 0.15) is 0 Å². The fraction of sp³-hybridized carbons (Fsp3) is 0.579. The molecule has 1 unspecified atom stereocenters. The van der Waals surface area contributed by atoms with Gasteiger partial charge in [0.05, 0.1) is 5.92 Å². The predicted octanol–water partition coefficient (Wildman–Crippen LogP) is 3.31. The van der Waals surface area contributed by atoms with Gasteiger partial charge in [-0.3, -0.25) is 9.59 Å². The Labute approximate surface area is 137 Å². The van der Waals surface area contributed by atoms with Crippen LogP contribution in [-0.2, 0) is 16.1 Å². The van der Waals surface area contributed by atoms with Crippen molar-refractivity contribution in [3.05, 3.63) is 35.9 Å². The molecule has 0 aliphatic heterocycles. The van der Waals surface area contributed by atoms with Gasteiger partial charge in [-0.1, -0.05) is 30.3 Å². The van der Waals surface area contributed by atoms with Crippen LogP contribution in [0.5, 0.6) is 0 Å². The monoisotopic (exact) mass is 315 g/mol. The van der Waals surface area contributed by atoms with E-state index < -0.39 is 5.97 Å². The first-order valence-corrected chi connectivity index (χ1v) is 8.63. The average molecular weight is 315 g/mol. The largest absolute Gasteiger partial charge is 0.481 e. The molecule has 124 valence electrons. The topological polar surface area (TPSA) is 57.6 Å². The van der Waals surface area contributed by atoms with Crippen molar-refractivity contribution in [1.82, 2.24) is 4.90 Å². The zero-order valence-electron chi connectivity index (χ0n) is 13.6. The summed E-state index contributed by atoms with van der Waals surface area (Å²) < 4.78 is 0. The maximum absolute atomic E-state index is 13.0. The number of hydrogen-bond acceptors (Lipinski definition) is 2. The molecule has 2 aliphatic rings. The molecule has 1 aromatic rings. The van der Waals surface area contributed by atoms with Gasteiger partial charge in [0.15, 0.2) is 0 Å². The lowest BCUT2D eigenvalue weighted by molar-refractivity contribution is -0.142. The Balaban J connectivity index is 1.72. The van der Waals surface area contributed by atoms with E-state index in [1.54, 1.807) is 0 Å². The number of carboxylic acids is 1. The van der Waals surface area contributed by atoms with E-state index in [-0.39, 0.29) is 23.8 Å². The van der Waals surface area contributed by atoms with E-state index in [2.05, 4.69) is 19.1 Å². The maximum Gasteiger partial charge on any atom is 0.306 e. The first-order valence-electron chi connectivity index (χ1n) is 8.63. The predicted molar refractivity (Wildman–Crippen MR) is 87.6 cm³/mol. The maximum atomic E-state index is 13.0. The van der Waals surface area contributed by atoms with Gasteiger partial charge < -0.3 is 10.0 Å². The Bertz CT molecular complexity index is 567. The van der Waals surface area contributed by atoms with Crippen LogP contribution in [0.25, 0.3) is 0 Å². The van der Waals surface area contributed by atoms with E-state index >= 15 is 0 Å². The molecule has 2 aliphatic carbocycles. The van der Waals surface area contributed by atoms with Crippen LogP contribution in [0.4, 0.5) is 0 Å². The molecule has 2 fully saturated rings. The molecule has 2 saturated carbocycles. The van der Waals surface area contributed by atoms with Crippen molar-refractivity contribution in [2.24, 2.45) is 17.8 Å². The first-order chi connectivity index (χ1) is 11.1. The van der Waals surface area contributed by atoms with Crippen molar-refractivity contribution in [3.63, 3.8) is 0 Å². The lowest BCUT2D eigenvalue weighted by Gasteiger charge is -2.32. The van der Waals surface area contributed by atoms with Crippen LogP contribution in [0.2, 0.25) is 0 Å². The van der Waals surface area contributed by atoms with Crippen molar-refractivity contribution in [1.29, 1.82) is 0 Å². The Kier molecular flexibility index (Phi) is 4.69. The molecular formula is C19H25NO3. The van der Waals surface area contributed by atoms with Crippen molar-refractivity contribution in [3.8, 4) is 0 Å². The zero-order chi connectivity index (χ0) is 16.4. The van der Waals surface area contributed by atoms with E-state index in [4.69, 9.17) is 5.11 Å². The number of aliphatic carboxylic acids is 1. The highest BCUT2D eigenvalue weighted by Gasteiger charge is 2.40. The second-order valence-corrected chi connectivity index (χ2v) is 7.07. The lowest BCUT2D eigenvalue weighted by Crippen LogP contribution is -2.42. The summed E-state index contributed by atoms with van der Waals surface area (Å²) in [6, 6.07) is 10.3. The summed E-state index contributed by atoms with van der Waals surface area (Å²) in [4.78, 5) is 26.2. The molecule has 0 saturated heterocycles. The van der Waals surface area contributed by atoms with Crippen LogP contribution < -0.4 is 0 Å². The molecule has 3 rings (SSSR count). The number of carbonyl (C=O) groups is 2. The van der Waals surface area contributed by atoms with Crippen LogP contribution >= 0.6 is 0 Å². The van der Waals surface area contributed by atoms with E-state index in [1.807, 2.05) is 23.1 Å². The minimum Gasteiger partial charge on any atom is -0.481 e. The minimum absolute atomic E-state index is 0.124. The van der Waals surface area contributed by atoms with Gasteiger partial charge in [0.2, 0.25) is 5.91 Å². The van der Waals surface area contributed by atoms with Gasteiger partial charge in [0.25, 0.3) is 0 Å². The Morgan fingerprint density at radius 1 is 1.13 bits per heavy atom. The normalized spacial score (nSPS) is 25.1. The molecule has 0 heterocycles. The molecule has 3 atom stereocenters. The number of rotatable bonds is 6. The molecule has 0 bridgehead atoms. The molecule has 1 N–H and O–H groups in total. The first kappa shape index (κ1) is 16.0. The lowest BCUT2D eigenvalue weighted by atomic mass is 10.0. The van der Waals surface area contributed by atoms with Crippen LogP contribution in [0.3, 0.4) is 0 Å². The number of benzene rings is 1. The molecule has 4 nitrogen and oxygen atoms in total. The van der Waals surface area contributed by atoms with Gasteiger partial charge >= 0.3 is 5.97 Å². The van der Waals surface area contributed by atoms with Gasteiger partial charge in [-0.25, -0.2) is 0 Å². The fourth-order valence-corrected chi connectivity index (χ4v) is 3.70. The third-order valence-electron chi connectivity index (χ3n) is 5.41. The Hall–Kier alpha value is -1.84. The highest BCUT2D eigenvalue weighted by atomic mass is 16.4. The number of carbonyl (C=O) groups excluding carboxylic acids is 1. The smallest absolute Gasteiger partial charge is 0.306 e. The third kappa shape index (κ3) is 3.74. The highest BCUT2D eigenvalue weighted by Crippen LogP contribution is 2.38. The fourth-order valence-electron chi connectivity index (χ4n) is 3.70. The van der Waals surface area contributed by atoms with Crippen molar-refractivity contribution in [2.45, 2.75) is 51.6 Å². The molecular weight excluding hydrogens is 290 g/mol. The average Bonchev–Trinajstić information content (AvgIpc) is 3.28. The molecule has 1 aromatic carbocycles. The van der Waals surface area contributed by atoms with Crippen LogP contribution in [0.1, 0.15) is 44.6 Å². The summed E-state index contributed by atoms with van der Waals surface area (Å²) in [6.45, 7) is 2.77. The van der Waals surface area contributed by atoms with Crippen molar-refractivity contribution in [2.75, 3.05) is 0 Å². The number of amides is 1. The van der Waals surface area contributed by atoms with Crippen LogP contribution in [0, 0.1) is 17.8 Å². The highest BCUT2D eigenvalue weighted by molar-refractivity contribution is 5.81. The van der Waals surface area contributed by atoms with Gasteiger partial charge in [-0.05, 0) is 50.5 Å². The SMILES string of the molecule is CC(C1CC1)N(Cc1ccccc1)C(=O)[C@@H]1CC[C@H](C(=O)O)C1. The van der Waals surface area contributed by atoms with E-state index in [1.165, 1.54) is 12.8 Å². The summed E-state index contributed by atoms with van der Waals surface area (Å²) in [7, 11) is 0. The standard InChI is InChI=1S/C19H25NO3/c1-13(15-7-8-15)20(12-14-5-3-2-4-6-14)18(21)16-9-10-17(11-16)19(22)23/h2-6,13,15-17H,7-12H2,1H3,(H,22,23)/t13?,16-,17+/m1/s1. The summed E-state index contributed by atoms with van der Waals surface area (Å²) in [5.41, 5.74) is 1.14. The molecule has 0 spiro atoms. The van der Waals surface area contributed by atoms with Gasteiger partial charge in [-0.15, -0.1) is 0 Å². The van der Waals surface area contributed by atoms with Crippen LogP contribution in [0.15, 0.2) is 30.3 Å². The van der Waals surface area contributed by atoms with Crippen molar-refractivity contribution >= 4 is 11.9 Å². The second-order valence-electron chi connectivity index (χ2n) is 7.07. The molecule has 0 radical (unpaired) electrons. The van der Waals surface area contributed by atoms with E-state index in [0.29, 0.717) is 31.7 Å². The molecule has 1 amide bonds. The quantitative estimate of drug-likeness (QED) is 0.876. The van der Waals surface area contributed by atoms with Gasteiger partial charge in [-0.2, -0.15) is 0 Å². The summed E-state index contributed by atoms with van der Waals surface area (Å²) in [6.07, 6.45) is 4.22. The third-order valence-corrected chi connectivity index (χ3v) is 5.41. The number of hydrogen-bond donors (Lipinski definition) is 1. The number of nitrogens with zero attached hydrogens (tertiary/aromatic N) is 1. The molecule has 0 aromatic heterocycles. The summed E-state index contributed by atoms with van der Waals surface area (Å²) >= 11 is 0. The Morgan fingerprint density at radius 3 is 2.35 bits per heavy atom. The van der Waals surface area contributed by atoms with Crippen LogP contribution in [-0.4, -0.2) is 27.9 Å². The second kappa shape index (κ2) is 6.73. The van der Waals surface area contributed by atoms with E-state index in [9.17, 15) is 9.59 Å². The van der Waals surface area contributed by atoms with Gasteiger partial charge in [0, 0.05) is 18.5 Å². The minimum atomic E-state index is -0.759. The zero-order valence-corrected chi connectivity index (χ0v) is 13.6. The van der Waals surface area contributed by atoms with Crippen molar-refractivity contribution < 1.29 is 14.7 Å². The summed E-state index contributed by atoms with van der Waals surface area (Å²) in [5.74, 6) is -0.471. The molecule has 4 heteroatoms. The van der Waals surface area contributed by atoms with E-state index in [0.717, 1.165) is 5.56 Å². The summed E-state index contributed by atoms with van der Waals surface area (Å²) in [5, 5.41) is 9.17. The molecule has 23 heavy (non-hydrogen) atoms. The Morgan fingerprint density at radius 2 is 1.78 bits per heavy atom.